The maximum Gasteiger partial charge on any atom is 0.231 e. The standard InChI is InChI=1S/C22H24N4O4/c1-28-18-9-15(10-19(29-2)21(18)30-3)8-16-12-24-22(25-13-16)26-20(27)11-14-4-6-17(23)7-5-14/h4-7,9-10,12-13H,8,11,23H2,1-3H3,(H,24,25,26,27). The summed E-state index contributed by atoms with van der Waals surface area (Å²) >= 11 is 0. The average Bonchev–Trinajstić information content (AvgIpc) is 2.76. The molecular formula is C22H24N4O4. The van der Waals surface area contributed by atoms with E-state index in [9.17, 15) is 4.79 Å². The van der Waals surface area contributed by atoms with Crippen LogP contribution in [0.4, 0.5) is 11.6 Å². The molecule has 0 saturated heterocycles. The molecule has 0 atom stereocenters. The largest absolute Gasteiger partial charge is 0.493 e. The van der Waals surface area contributed by atoms with E-state index < -0.39 is 0 Å². The Labute approximate surface area is 175 Å². The van der Waals surface area contributed by atoms with E-state index in [1.165, 1.54) is 0 Å². The molecule has 30 heavy (non-hydrogen) atoms. The van der Waals surface area contributed by atoms with Crippen LogP contribution in [0, 0.1) is 0 Å². The molecule has 1 heterocycles. The van der Waals surface area contributed by atoms with Crippen LogP contribution in [0.1, 0.15) is 16.7 Å². The first-order chi connectivity index (χ1) is 14.5. The van der Waals surface area contributed by atoms with Crippen molar-refractivity contribution >= 4 is 17.5 Å². The van der Waals surface area contributed by atoms with Gasteiger partial charge in [0.05, 0.1) is 27.8 Å². The quantitative estimate of drug-likeness (QED) is 0.552. The lowest BCUT2D eigenvalue weighted by Gasteiger charge is -2.14. The van der Waals surface area contributed by atoms with E-state index in [1.54, 1.807) is 45.9 Å². The summed E-state index contributed by atoms with van der Waals surface area (Å²) in [7, 11) is 4.71. The van der Waals surface area contributed by atoms with E-state index in [2.05, 4.69) is 15.3 Å². The zero-order valence-corrected chi connectivity index (χ0v) is 17.1. The van der Waals surface area contributed by atoms with Crippen LogP contribution in [0.5, 0.6) is 17.2 Å². The second-order valence-electron chi connectivity index (χ2n) is 6.59. The molecule has 8 nitrogen and oxygen atoms in total. The topological polar surface area (TPSA) is 109 Å². The molecule has 1 aromatic heterocycles. The lowest BCUT2D eigenvalue weighted by Crippen LogP contribution is -2.16. The summed E-state index contributed by atoms with van der Waals surface area (Å²) in [5, 5.41) is 2.70. The smallest absolute Gasteiger partial charge is 0.231 e. The molecule has 3 aromatic rings. The molecule has 0 radical (unpaired) electrons. The minimum Gasteiger partial charge on any atom is -0.493 e. The van der Waals surface area contributed by atoms with Crippen LogP contribution in [0.3, 0.4) is 0 Å². The molecule has 0 spiro atoms. The molecular weight excluding hydrogens is 384 g/mol. The molecule has 0 aliphatic heterocycles. The maximum absolute atomic E-state index is 12.2. The second kappa shape index (κ2) is 9.60. The fourth-order valence-electron chi connectivity index (χ4n) is 2.97. The molecule has 0 unspecified atom stereocenters. The average molecular weight is 408 g/mol. The molecule has 8 heteroatoms. The van der Waals surface area contributed by atoms with Gasteiger partial charge in [-0.1, -0.05) is 12.1 Å². The number of ether oxygens (including phenoxy) is 3. The van der Waals surface area contributed by atoms with E-state index in [0.717, 1.165) is 16.7 Å². The van der Waals surface area contributed by atoms with Crippen LogP contribution in [0.15, 0.2) is 48.8 Å². The minimum absolute atomic E-state index is 0.197. The Kier molecular flexibility index (Phi) is 6.69. The van der Waals surface area contributed by atoms with E-state index >= 15 is 0 Å². The van der Waals surface area contributed by atoms with Gasteiger partial charge in [-0.25, -0.2) is 9.97 Å². The number of rotatable bonds is 8. The van der Waals surface area contributed by atoms with Crippen LogP contribution >= 0.6 is 0 Å². The first-order valence-corrected chi connectivity index (χ1v) is 9.26. The van der Waals surface area contributed by atoms with Crippen LogP contribution < -0.4 is 25.3 Å². The van der Waals surface area contributed by atoms with Gasteiger partial charge in [0.2, 0.25) is 17.6 Å². The van der Waals surface area contributed by atoms with Gasteiger partial charge < -0.3 is 19.9 Å². The van der Waals surface area contributed by atoms with Crippen molar-refractivity contribution in [3.63, 3.8) is 0 Å². The van der Waals surface area contributed by atoms with Gasteiger partial charge in [-0.3, -0.25) is 10.1 Å². The Balaban J connectivity index is 1.65. The molecule has 156 valence electrons. The minimum atomic E-state index is -0.197. The van der Waals surface area contributed by atoms with Crippen molar-refractivity contribution in [1.29, 1.82) is 0 Å². The van der Waals surface area contributed by atoms with Gasteiger partial charge in [-0.15, -0.1) is 0 Å². The number of carbonyl (C=O) groups is 1. The number of anilines is 2. The lowest BCUT2D eigenvalue weighted by atomic mass is 10.1. The first-order valence-electron chi connectivity index (χ1n) is 9.26. The zero-order chi connectivity index (χ0) is 21.5. The molecule has 0 aliphatic carbocycles. The van der Waals surface area contributed by atoms with Gasteiger partial charge in [0.1, 0.15) is 0 Å². The molecule has 3 rings (SSSR count). The number of nitrogens with two attached hydrogens (primary N) is 1. The number of nitrogen functional groups attached to an aromatic ring is 1. The summed E-state index contributed by atoms with van der Waals surface area (Å²) in [5.74, 6) is 1.76. The number of carbonyl (C=O) groups excluding carboxylic acids is 1. The summed E-state index contributed by atoms with van der Waals surface area (Å²) < 4.78 is 16.1. The third-order valence-corrected chi connectivity index (χ3v) is 4.43. The third kappa shape index (κ3) is 5.16. The Bertz CT molecular complexity index is 980. The SMILES string of the molecule is COc1cc(Cc2cnc(NC(=O)Cc3ccc(N)cc3)nc2)cc(OC)c1OC. The lowest BCUT2D eigenvalue weighted by molar-refractivity contribution is -0.115. The molecule has 0 saturated carbocycles. The highest BCUT2D eigenvalue weighted by Crippen LogP contribution is 2.38. The molecule has 3 N–H and O–H groups in total. The Morgan fingerprint density at radius 1 is 0.900 bits per heavy atom. The predicted octanol–water partition coefficient (Wildman–Crippen LogP) is 2.86. The summed E-state index contributed by atoms with van der Waals surface area (Å²) in [4.78, 5) is 20.7. The Morgan fingerprint density at radius 2 is 1.50 bits per heavy atom. The number of amides is 1. The predicted molar refractivity (Wildman–Crippen MR) is 114 cm³/mol. The van der Waals surface area contributed by atoms with Gasteiger partial charge in [-0.05, 0) is 41.0 Å². The molecule has 1 amide bonds. The Hall–Kier alpha value is -3.81. The van der Waals surface area contributed by atoms with Crippen LogP contribution in [-0.2, 0) is 17.6 Å². The van der Waals surface area contributed by atoms with Crippen LogP contribution in [-0.4, -0.2) is 37.2 Å². The number of nitrogens with zero attached hydrogens (tertiary/aromatic N) is 2. The molecule has 0 fully saturated rings. The highest BCUT2D eigenvalue weighted by atomic mass is 16.5. The zero-order valence-electron chi connectivity index (χ0n) is 17.1. The number of benzene rings is 2. The van der Waals surface area contributed by atoms with Crippen LogP contribution in [0.2, 0.25) is 0 Å². The molecule has 0 bridgehead atoms. The molecule has 0 aliphatic rings. The number of nitrogens with one attached hydrogen (secondary N) is 1. The second-order valence-corrected chi connectivity index (χ2v) is 6.59. The summed E-state index contributed by atoms with van der Waals surface area (Å²) in [6, 6.07) is 10.9. The third-order valence-electron chi connectivity index (χ3n) is 4.43. The highest BCUT2D eigenvalue weighted by molar-refractivity contribution is 5.90. The van der Waals surface area contributed by atoms with Gasteiger partial charge in [0.15, 0.2) is 11.5 Å². The fourth-order valence-corrected chi connectivity index (χ4v) is 2.97. The maximum atomic E-state index is 12.2. The van der Waals surface area contributed by atoms with E-state index in [1.807, 2.05) is 24.3 Å². The Morgan fingerprint density at radius 3 is 2.03 bits per heavy atom. The number of methoxy groups -OCH3 is 3. The van der Waals surface area contributed by atoms with Crippen LogP contribution in [0.25, 0.3) is 0 Å². The first kappa shape index (κ1) is 20.9. The van der Waals surface area contributed by atoms with Gasteiger partial charge >= 0.3 is 0 Å². The van der Waals surface area contributed by atoms with E-state index in [4.69, 9.17) is 19.9 Å². The number of aromatic nitrogens is 2. The van der Waals surface area contributed by atoms with Gasteiger partial charge in [0, 0.05) is 24.5 Å². The van der Waals surface area contributed by atoms with Crippen molar-refractivity contribution in [3.05, 3.63) is 65.5 Å². The van der Waals surface area contributed by atoms with E-state index in [0.29, 0.717) is 29.4 Å². The number of hydrogen-bond acceptors (Lipinski definition) is 7. The summed E-state index contributed by atoms with van der Waals surface area (Å²) in [6.45, 7) is 0. The molecule has 2 aromatic carbocycles. The van der Waals surface area contributed by atoms with Crippen molar-refractivity contribution in [3.8, 4) is 17.2 Å². The monoisotopic (exact) mass is 408 g/mol. The van der Waals surface area contributed by atoms with Crippen molar-refractivity contribution in [1.82, 2.24) is 9.97 Å². The van der Waals surface area contributed by atoms with E-state index in [-0.39, 0.29) is 18.3 Å². The summed E-state index contributed by atoms with van der Waals surface area (Å²) in [5.41, 5.74) is 9.00. The van der Waals surface area contributed by atoms with Gasteiger partial charge in [-0.2, -0.15) is 0 Å². The van der Waals surface area contributed by atoms with Crippen molar-refractivity contribution in [2.24, 2.45) is 0 Å². The van der Waals surface area contributed by atoms with Crippen molar-refractivity contribution < 1.29 is 19.0 Å². The summed E-state index contributed by atoms with van der Waals surface area (Å²) in [6.07, 6.45) is 4.14. The fraction of sp³-hybridized carbons (Fsp3) is 0.227. The van der Waals surface area contributed by atoms with Crippen molar-refractivity contribution in [2.45, 2.75) is 12.8 Å². The normalized spacial score (nSPS) is 10.4. The van der Waals surface area contributed by atoms with Crippen molar-refractivity contribution in [2.75, 3.05) is 32.4 Å². The number of hydrogen-bond donors (Lipinski definition) is 2. The highest BCUT2D eigenvalue weighted by Gasteiger charge is 2.14. The van der Waals surface area contributed by atoms with Gasteiger partial charge in [0.25, 0.3) is 0 Å².